The van der Waals surface area contributed by atoms with Crippen molar-refractivity contribution in [3.8, 4) is 17.4 Å². The summed E-state index contributed by atoms with van der Waals surface area (Å²) in [6.07, 6.45) is 6.06. The molecule has 1 aliphatic carbocycles. The molecular formula is C56H70N10O12S2. The third-order valence-corrected chi connectivity index (χ3v) is 20.8. The van der Waals surface area contributed by atoms with Crippen molar-refractivity contribution in [3.63, 3.8) is 0 Å². The first-order chi connectivity index (χ1) is 38.4. The fourth-order valence-corrected chi connectivity index (χ4v) is 15.3. The van der Waals surface area contributed by atoms with Crippen LogP contribution in [-0.4, -0.2) is 173 Å². The van der Waals surface area contributed by atoms with Gasteiger partial charge in [-0.2, -0.15) is 9.29 Å². The number of aromatic nitrogens is 2. The first-order valence-corrected chi connectivity index (χ1v) is 30.9. The lowest BCUT2D eigenvalue weighted by atomic mass is 9.59. The van der Waals surface area contributed by atoms with Crippen molar-refractivity contribution in [2.45, 2.75) is 106 Å². The number of aromatic amines is 1. The minimum Gasteiger partial charge on any atom is -0.491 e. The van der Waals surface area contributed by atoms with Gasteiger partial charge in [0.2, 0.25) is 15.9 Å². The zero-order valence-electron chi connectivity index (χ0n) is 45.5. The normalized spacial score (nSPS) is 23.8. The molecule has 1 spiro atoms. The molecule has 22 nitrogen and oxygen atoms in total. The maximum atomic E-state index is 14.9. The molecule has 8 heterocycles. The van der Waals surface area contributed by atoms with Crippen LogP contribution in [0.1, 0.15) is 81.8 Å². The van der Waals surface area contributed by atoms with Crippen molar-refractivity contribution in [2.24, 2.45) is 5.41 Å². The molecule has 5 fully saturated rings. The molecule has 6 aliphatic heterocycles. The van der Waals surface area contributed by atoms with Gasteiger partial charge in [0.05, 0.1) is 70.4 Å². The van der Waals surface area contributed by atoms with E-state index in [-0.39, 0.29) is 53.8 Å². The fourth-order valence-electron chi connectivity index (χ4n) is 13.0. The van der Waals surface area contributed by atoms with Crippen LogP contribution in [0.25, 0.3) is 11.0 Å². The van der Waals surface area contributed by atoms with E-state index in [1.165, 1.54) is 10.4 Å². The molecule has 1 saturated carbocycles. The van der Waals surface area contributed by atoms with Gasteiger partial charge in [-0.05, 0) is 102 Å². The van der Waals surface area contributed by atoms with Crippen LogP contribution in [0, 0.1) is 15.5 Å². The molecule has 80 heavy (non-hydrogen) atoms. The Morgan fingerprint density at radius 3 is 2.44 bits per heavy atom. The van der Waals surface area contributed by atoms with E-state index in [4.69, 9.17) is 28.7 Å². The maximum Gasteiger partial charge on any atom is 0.297 e. The Balaban J connectivity index is 0.800. The Hall–Kier alpha value is -6.28. The average molecular weight is 1140 g/mol. The number of rotatable bonds is 14. The number of carbonyl (C=O) groups is 1. The van der Waals surface area contributed by atoms with Crippen molar-refractivity contribution in [3.05, 3.63) is 94.2 Å². The molecule has 2 aromatic heterocycles. The lowest BCUT2D eigenvalue weighted by molar-refractivity contribution is -0.384. The van der Waals surface area contributed by atoms with Crippen LogP contribution < -0.4 is 34.0 Å². The lowest BCUT2D eigenvalue weighted by Gasteiger charge is -2.57. The molecule has 4 saturated heterocycles. The molecule has 1 amide bonds. The third kappa shape index (κ3) is 10.4. The number of fused-ring (bicyclic) bond motifs is 4. The molecule has 3 N–H and O–H groups in total. The van der Waals surface area contributed by atoms with Crippen molar-refractivity contribution >= 4 is 65.4 Å². The van der Waals surface area contributed by atoms with Crippen LogP contribution in [0.2, 0.25) is 0 Å². The minimum atomic E-state index is -4.77. The number of nitrogens with one attached hydrogen (secondary N) is 3. The molecule has 0 radical (unpaired) electrons. The number of nitrogens with zero attached hydrogens (tertiary/aromatic N) is 7. The van der Waals surface area contributed by atoms with Crippen LogP contribution >= 0.6 is 0 Å². The van der Waals surface area contributed by atoms with Gasteiger partial charge in [0.25, 0.3) is 21.6 Å². The number of nitro benzene ring substituents is 1. The molecule has 428 valence electrons. The highest BCUT2D eigenvalue weighted by atomic mass is 32.2. The van der Waals surface area contributed by atoms with E-state index in [1.54, 1.807) is 26.1 Å². The highest BCUT2D eigenvalue weighted by Crippen LogP contribution is 2.54. The summed E-state index contributed by atoms with van der Waals surface area (Å²) in [6, 6.07) is 19.6. The van der Waals surface area contributed by atoms with Crippen molar-refractivity contribution in [2.75, 3.05) is 101 Å². The van der Waals surface area contributed by atoms with E-state index in [0.717, 1.165) is 73.8 Å². The first-order valence-electron chi connectivity index (χ1n) is 27.9. The van der Waals surface area contributed by atoms with Gasteiger partial charge in [-0.3, -0.25) is 24.7 Å². The number of sulfonamides is 2. The summed E-state index contributed by atoms with van der Waals surface area (Å²) in [4.78, 5) is 43.5. The van der Waals surface area contributed by atoms with E-state index in [1.807, 2.05) is 44.2 Å². The SMILES string of the molecule is CC(C)Oc1ccccc1[C@@H]1COCCN1C1CC2(CCN(c3ccc(C(=O)NS(=O)(=O)c4cc5c(c([N+](=O)[O-])c4)N[C@H](CN4CCN(S(=O)(=O)C(C)C)CC4)CO5)c(N4c5cc6cc[nH]c6nc5O[C@H]5COCC[C@@H]54)c3)CC2)C1. The second kappa shape index (κ2) is 21.6. The van der Waals surface area contributed by atoms with Crippen molar-refractivity contribution in [1.29, 1.82) is 0 Å². The van der Waals surface area contributed by atoms with Gasteiger partial charge in [0.1, 0.15) is 29.8 Å². The number of morpholine rings is 1. The summed E-state index contributed by atoms with van der Waals surface area (Å²) in [5.74, 6) is 0.261. The fraction of sp³-hybridized carbons (Fsp3) is 0.536. The second-order valence-electron chi connectivity index (χ2n) is 22.9. The number of carbonyl (C=O) groups excluding carboxylic acids is 1. The van der Waals surface area contributed by atoms with E-state index in [2.05, 4.69) is 52.8 Å². The largest absolute Gasteiger partial charge is 0.491 e. The summed E-state index contributed by atoms with van der Waals surface area (Å²) in [7, 11) is -8.18. The summed E-state index contributed by atoms with van der Waals surface area (Å²) in [5.41, 5.74) is 3.45. The Labute approximate surface area is 466 Å². The number of amides is 1. The van der Waals surface area contributed by atoms with E-state index in [0.29, 0.717) is 87.9 Å². The van der Waals surface area contributed by atoms with Crippen LogP contribution in [0.4, 0.5) is 28.4 Å². The Morgan fingerprint density at radius 1 is 0.900 bits per heavy atom. The Morgan fingerprint density at radius 2 is 1.68 bits per heavy atom. The number of hydrogen-bond acceptors (Lipinski definition) is 18. The quantitative estimate of drug-likeness (QED) is 0.0803. The van der Waals surface area contributed by atoms with Crippen LogP contribution in [0.15, 0.2) is 77.8 Å². The number of ether oxygens (including phenoxy) is 5. The number of piperazine rings is 1. The monoisotopic (exact) mass is 1140 g/mol. The number of benzene rings is 3. The molecule has 0 bridgehead atoms. The Kier molecular flexibility index (Phi) is 14.6. The van der Waals surface area contributed by atoms with Crippen LogP contribution in [0.3, 0.4) is 0 Å². The highest BCUT2D eigenvalue weighted by Gasteiger charge is 2.50. The number of H-pyrrole nitrogens is 1. The minimum absolute atomic E-state index is 0.0123. The summed E-state index contributed by atoms with van der Waals surface area (Å²) in [6.45, 7) is 13.9. The van der Waals surface area contributed by atoms with E-state index >= 15 is 0 Å². The van der Waals surface area contributed by atoms with E-state index < -0.39 is 58.9 Å². The second-order valence-corrected chi connectivity index (χ2v) is 27.1. The van der Waals surface area contributed by atoms with Crippen molar-refractivity contribution < 1.29 is 50.2 Å². The summed E-state index contributed by atoms with van der Waals surface area (Å²) < 4.78 is 89.1. The predicted octanol–water partition coefficient (Wildman–Crippen LogP) is 6.42. The number of pyridine rings is 1. The van der Waals surface area contributed by atoms with Gasteiger partial charge < -0.3 is 43.8 Å². The van der Waals surface area contributed by atoms with Crippen LogP contribution in [-0.2, 0) is 29.5 Å². The zero-order chi connectivity index (χ0) is 55.7. The van der Waals surface area contributed by atoms with Gasteiger partial charge in [-0.15, -0.1) is 0 Å². The molecule has 12 rings (SSSR count). The topological polar surface area (TPSA) is 244 Å². The number of para-hydroxylation sites is 1. The number of nitro groups is 1. The molecule has 24 heteroatoms. The van der Waals surface area contributed by atoms with Gasteiger partial charge in [0, 0.05) is 100.0 Å². The molecule has 5 aromatic rings. The molecule has 3 aromatic carbocycles. The maximum absolute atomic E-state index is 14.9. The smallest absolute Gasteiger partial charge is 0.297 e. The summed E-state index contributed by atoms with van der Waals surface area (Å²) >= 11 is 0. The van der Waals surface area contributed by atoms with E-state index in [9.17, 15) is 31.7 Å². The zero-order valence-corrected chi connectivity index (χ0v) is 47.2. The first kappa shape index (κ1) is 54.3. The lowest BCUT2D eigenvalue weighted by Crippen LogP contribution is -2.57. The number of hydrogen-bond donors (Lipinski definition) is 3. The molecule has 0 unspecified atom stereocenters. The molecule has 7 aliphatic rings. The van der Waals surface area contributed by atoms with Gasteiger partial charge >= 0.3 is 0 Å². The molecular weight excluding hydrogens is 1070 g/mol. The molecule has 4 atom stereocenters. The standard InChI is InChI=1S/C56H70N10O12S2/c1-35(2)77-49-8-6-5-7-42(49)48-33-75-24-22-64(48)40-29-56(30-40)13-16-62(17-14-56)39-9-10-43(45(26-39)65-44-12-23-74-34-51(44)78-55-47(65)25-37-11-15-57-53(37)59-55)54(67)60-79(70,71)41-27-46(66(68)69)52-50(28-41)76-32-38(58-52)31-61-18-20-63(21-19-61)80(72,73)36(3)4/h5-11,15,25-28,35-36,38,40,44,48,51,58H,12-14,16-24,29-34H2,1-4H3,(H,57,59)(H,60,67)/t38-,44+,48+,51+/m1/s1. The average Bonchev–Trinajstić information content (AvgIpc) is 3.71. The highest BCUT2D eigenvalue weighted by molar-refractivity contribution is 7.90. The van der Waals surface area contributed by atoms with Gasteiger partial charge in [0.15, 0.2) is 11.4 Å². The van der Waals surface area contributed by atoms with Crippen LogP contribution in [0.5, 0.6) is 17.4 Å². The summed E-state index contributed by atoms with van der Waals surface area (Å²) in [5, 5.41) is 16.2. The van der Waals surface area contributed by atoms with Gasteiger partial charge in [-0.25, -0.2) is 21.6 Å². The van der Waals surface area contributed by atoms with Gasteiger partial charge in [-0.1, -0.05) is 18.2 Å². The predicted molar refractivity (Wildman–Crippen MR) is 300 cm³/mol. The van der Waals surface area contributed by atoms with Crippen molar-refractivity contribution in [1.82, 2.24) is 28.8 Å². The Bertz CT molecular complexity index is 3390. The third-order valence-electron chi connectivity index (χ3n) is 17.2. The number of anilines is 4. The number of piperidine rings is 1.